The second kappa shape index (κ2) is 5.64. The summed E-state index contributed by atoms with van der Waals surface area (Å²) in [6.07, 6.45) is 2.21. The van der Waals surface area contributed by atoms with E-state index < -0.39 is 0 Å². The van der Waals surface area contributed by atoms with Crippen LogP contribution in [0.1, 0.15) is 33.6 Å². The molecule has 1 amide bonds. The van der Waals surface area contributed by atoms with E-state index in [1.165, 1.54) is 0 Å². The van der Waals surface area contributed by atoms with E-state index in [9.17, 15) is 4.79 Å². The van der Waals surface area contributed by atoms with Gasteiger partial charge in [0, 0.05) is 25.2 Å². The van der Waals surface area contributed by atoms with Crippen molar-refractivity contribution in [1.82, 2.24) is 15.5 Å². The van der Waals surface area contributed by atoms with Gasteiger partial charge in [-0.3, -0.25) is 9.69 Å². The van der Waals surface area contributed by atoms with Crippen molar-refractivity contribution in [3.05, 3.63) is 0 Å². The third-order valence-corrected chi connectivity index (χ3v) is 3.21. The van der Waals surface area contributed by atoms with Crippen LogP contribution in [0.5, 0.6) is 0 Å². The Labute approximate surface area is 98.8 Å². The summed E-state index contributed by atoms with van der Waals surface area (Å²) in [5, 5.41) is 6.20. The van der Waals surface area contributed by atoms with Crippen molar-refractivity contribution in [3.8, 4) is 0 Å². The topological polar surface area (TPSA) is 44.4 Å². The lowest BCUT2D eigenvalue weighted by molar-refractivity contribution is -0.122. The van der Waals surface area contributed by atoms with Crippen molar-refractivity contribution < 1.29 is 4.79 Å². The average molecular weight is 227 g/mol. The molecule has 1 aliphatic rings. The van der Waals surface area contributed by atoms with E-state index in [1.807, 2.05) is 0 Å². The number of hydrogen-bond acceptors (Lipinski definition) is 3. The van der Waals surface area contributed by atoms with E-state index in [4.69, 9.17) is 0 Å². The molecule has 94 valence electrons. The second-order valence-corrected chi connectivity index (χ2v) is 5.27. The maximum atomic E-state index is 11.4. The predicted molar refractivity (Wildman–Crippen MR) is 66.4 cm³/mol. The van der Waals surface area contributed by atoms with Gasteiger partial charge >= 0.3 is 0 Å². The summed E-state index contributed by atoms with van der Waals surface area (Å²) in [5.74, 6) is 0.109. The molecule has 16 heavy (non-hydrogen) atoms. The van der Waals surface area contributed by atoms with Gasteiger partial charge in [-0.2, -0.15) is 0 Å². The zero-order valence-corrected chi connectivity index (χ0v) is 11.0. The smallest absolute Gasteiger partial charge is 0.233 e. The Kier molecular flexibility index (Phi) is 4.74. The van der Waals surface area contributed by atoms with Crippen LogP contribution in [0, 0.1) is 0 Å². The number of likely N-dealkylation sites (N-methyl/N-ethyl adjacent to an activating group) is 1. The van der Waals surface area contributed by atoms with Crippen molar-refractivity contribution in [2.75, 3.05) is 26.7 Å². The summed E-state index contributed by atoms with van der Waals surface area (Å²) < 4.78 is 0. The minimum Gasteiger partial charge on any atom is -0.358 e. The highest BCUT2D eigenvalue weighted by Crippen LogP contribution is 2.22. The Hall–Kier alpha value is -0.610. The quantitative estimate of drug-likeness (QED) is 0.722. The Morgan fingerprint density at radius 3 is 2.69 bits per heavy atom. The number of amides is 1. The van der Waals surface area contributed by atoms with Crippen molar-refractivity contribution in [2.24, 2.45) is 0 Å². The molecule has 0 radical (unpaired) electrons. The molecule has 1 rings (SSSR count). The number of carbonyl (C=O) groups is 1. The van der Waals surface area contributed by atoms with Crippen molar-refractivity contribution in [1.29, 1.82) is 0 Å². The van der Waals surface area contributed by atoms with E-state index in [-0.39, 0.29) is 11.4 Å². The summed E-state index contributed by atoms with van der Waals surface area (Å²) in [4.78, 5) is 13.7. The van der Waals surface area contributed by atoms with Crippen LogP contribution in [0.15, 0.2) is 0 Å². The molecule has 1 saturated heterocycles. The highest BCUT2D eigenvalue weighted by atomic mass is 16.1. The fourth-order valence-corrected chi connectivity index (χ4v) is 2.33. The standard InChI is InChI=1S/C12H25N3O/c1-5-6-15(9-11(16)13-4)10-7-12(2,3)14-8-10/h10,14H,5-9H2,1-4H3,(H,13,16). The van der Waals surface area contributed by atoms with E-state index in [0.29, 0.717) is 12.6 Å². The molecule has 0 spiro atoms. The molecular formula is C12H25N3O. The van der Waals surface area contributed by atoms with Crippen molar-refractivity contribution in [3.63, 3.8) is 0 Å². The minimum absolute atomic E-state index is 0.109. The lowest BCUT2D eigenvalue weighted by Crippen LogP contribution is -2.43. The van der Waals surface area contributed by atoms with E-state index in [2.05, 4.69) is 36.3 Å². The van der Waals surface area contributed by atoms with Gasteiger partial charge in [-0.15, -0.1) is 0 Å². The van der Waals surface area contributed by atoms with Crippen LogP contribution in [-0.2, 0) is 4.79 Å². The molecular weight excluding hydrogens is 202 g/mol. The number of carbonyl (C=O) groups excluding carboxylic acids is 1. The summed E-state index contributed by atoms with van der Waals surface area (Å²) in [5.41, 5.74) is 0.208. The van der Waals surface area contributed by atoms with Gasteiger partial charge in [-0.05, 0) is 33.2 Å². The lowest BCUT2D eigenvalue weighted by Gasteiger charge is -2.28. The summed E-state index contributed by atoms with van der Waals surface area (Å²) >= 11 is 0. The molecule has 2 N–H and O–H groups in total. The molecule has 0 bridgehead atoms. The second-order valence-electron chi connectivity index (χ2n) is 5.27. The van der Waals surface area contributed by atoms with E-state index in [1.54, 1.807) is 7.05 Å². The first kappa shape index (κ1) is 13.5. The van der Waals surface area contributed by atoms with Crippen LogP contribution in [0.3, 0.4) is 0 Å². The highest BCUT2D eigenvalue weighted by Gasteiger charge is 2.33. The maximum absolute atomic E-state index is 11.4. The van der Waals surface area contributed by atoms with Crippen molar-refractivity contribution in [2.45, 2.75) is 45.2 Å². The van der Waals surface area contributed by atoms with Crippen molar-refractivity contribution >= 4 is 5.91 Å². The zero-order valence-electron chi connectivity index (χ0n) is 11.0. The van der Waals surface area contributed by atoms with Crippen LogP contribution in [0.25, 0.3) is 0 Å². The molecule has 1 fully saturated rings. The third kappa shape index (κ3) is 3.76. The van der Waals surface area contributed by atoms with Gasteiger partial charge in [0.2, 0.25) is 5.91 Å². The Morgan fingerprint density at radius 1 is 1.56 bits per heavy atom. The van der Waals surface area contributed by atoms with Crippen LogP contribution in [0.2, 0.25) is 0 Å². The van der Waals surface area contributed by atoms with Gasteiger partial charge < -0.3 is 10.6 Å². The number of hydrogen-bond donors (Lipinski definition) is 2. The summed E-state index contributed by atoms with van der Waals surface area (Å²) in [6.45, 7) is 9.10. The maximum Gasteiger partial charge on any atom is 0.233 e. The van der Waals surface area contributed by atoms with Gasteiger partial charge in [-0.1, -0.05) is 6.92 Å². The molecule has 4 heteroatoms. The molecule has 1 aliphatic heterocycles. The zero-order chi connectivity index (χ0) is 12.2. The normalized spacial score (nSPS) is 23.7. The van der Waals surface area contributed by atoms with E-state index >= 15 is 0 Å². The van der Waals surface area contributed by atoms with Gasteiger partial charge in [0.25, 0.3) is 0 Å². The van der Waals surface area contributed by atoms with Gasteiger partial charge in [0.15, 0.2) is 0 Å². The fraction of sp³-hybridized carbons (Fsp3) is 0.917. The first-order valence-corrected chi connectivity index (χ1v) is 6.18. The largest absolute Gasteiger partial charge is 0.358 e. The highest BCUT2D eigenvalue weighted by molar-refractivity contribution is 5.77. The molecule has 1 heterocycles. The minimum atomic E-state index is 0.109. The summed E-state index contributed by atoms with van der Waals surface area (Å²) in [7, 11) is 1.70. The SMILES string of the molecule is CCCN(CC(=O)NC)C1CNC(C)(C)C1. The predicted octanol–water partition coefficient (Wildman–Crippen LogP) is 0.585. The van der Waals surface area contributed by atoms with Gasteiger partial charge in [-0.25, -0.2) is 0 Å². The third-order valence-electron chi connectivity index (χ3n) is 3.21. The van der Waals surface area contributed by atoms with E-state index in [0.717, 1.165) is 25.9 Å². The molecule has 1 atom stereocenters. The molecule has 0 aromatic carbocycles. The fourth-order valence-electron chi connectivity index (χ4n) is 2.33. The van der Waals surface area contributed by atoms with Crippen LogP contribution in [0.4, 0.5) is 0 Å². The molecule has 0 aliphatic carbocycles. The van der Waals surface area contributed by atoms with Gasteiger partial charge in [0.05, 0.1) is 6.54 Å². The monoisotopic (exact) mass is 227 g/mol. The first-order chi connectivity index (χ1) is 7.48. The average Bonchev–Trinajstić information content (AvgIpc) is 2.58. The Balaban J connectivity index is 2.53. The van der Waals surface area contributed by atoms with Crippen LogP contribution < -0.4 is 10.6 Å². The Bertz CT molecular complexity index is 240. The lowest BCUT2D eigenvalue weighted by atomic mass is 10.0. The van der Waals surface area contributed by atoms with Crippen LogP contribution in [-0.4, -0.2) is 49.1 Å². The first-order valence-electron chi connectivity index (χ1n) is 6.18. The summed E-state index contributed by atoms with van der Waals surface area (Å²) in [6, 6.07) is 0.493. The molecule has 0 aromatic heterocycles. The number of nitrogens with one attached hydrogen (secondary N) is 2. The molecule has 0 saturated carbocycles. The molecule has 4 nitrogen and oxygen atoms in total. The molecule has 0 aromatic rings. The number of rotatable bonds is 5. The van der Waals surface area contributed by atoms with Crippen LogP contribution >= 0.6 is 0 Å². The number of nitrogens with zero attached hydrogens (tertiary/aromatic N) is 1. The Morgan fingerprint density at radius 2 is 2.25 bits per heavy atom. The molecule has 1 unspecified atom stereocenters. The van der Waals surface area contributed by atoms with Gasteiger partial charge in [0.1, 0.15) is 0 Å².